The lowest BCUT2D eigenvalue weighted by Gasteiger charge is -2.35. The standard InChI is InChI=1S/C16H15N3O/c1-12-15-3-2-8-18(15)9-10-19(12)16(20)14-6-4-13(11-17)5-7-14/h2-8,12H,9-10H2,1H3. The number of benzene rings is 1. The SMILES string of the molecule is CC1c2cccn2CCN1C(=O)c1ccc(C#N)cc1. The monoisotopic (exact) mass is 265 g/mol. The summed E-state index contributed by atoms with van der Waals surface area (Å²) in [5.41, 5.74) is 2.37. The summed E-state index contributed by atoms with van der Waals surface area (Å²) in [6.45, 7) is 3.59. The summed E-state index contributed by atoms with van der Waals surface area (Å²) in [6, 6.07) is 13.0. The van der Waals surface area contributed by atoms with Gasteiger partial charge in [0, 0.05) is 30.5 Å². The van der Waals surface area contributed by atoms with Gasteiger partial charge in [-0.15, -0.1) is 0 Å². The van der Waals surface area contributed by atoms with Crippen molar-refractivity contribution >= 4 is 5.91 Å². The third kappa shape index (κ3) is 1.97. The number of fused-ring (bicyclic) bond motifs is 1. The van der Waals surface area contributed by atoms with Crippen LogP contribution in [0, 0.1) is 11.3 Å². The van der Waals surface area contributed by atoms with E-state index in [2.05, 4.69) is 22.9 Å². The Kier molecular flexibility index (Phi) is 3.03. The van der Waals surface area contributed by atoms with Crippen LogP contribution in [0.3, 0.4) is 0 Å². The normalized spacial score (nSPS) is 17.4. The van der Waals surface area contributed by atoms with Crippen LogP contribution in [0.25, 0.3) is 0 Å². The number of carbonyl (C=O) groups is 1. The van der Waals surface area contributed by atoms with Gasteiger partial charge in [-0.05, 0) is 43.3 Å². The average Bonchev–Trinajstić information content (AvgIpc) is 2.96. The van der Waals surface area contributed by atoms with Crippen molar-refractivity contribution in [1.82, 2.24) is 9.47 Å². The highest BCUT2D eigenvalue weighted by Gasteiger charge is 2.27. The first kappa shape index (κ1) is 12.5. The first-order chi connectivity index (χ1) is 9.70. The summed E-state index contributed by atoms with van der Waals surface area (Å²) in [4.78, 5) is 14.5. The van der Waals surface area contributed by atoms with Crippen molar-refractivity contribution in [2.75, 3.05) is 6.54 Å². The molecule has 1 atom stereocenters. The zero-order chi connectivity index (χ0) is 14.1. The first-order valence-electron chi connectivity index (χ1n) is 6.67. The minimum atomic E-state index is 0.0226. The van der Waals surface area contributed by atoms with Gasteiger partial charge in [0.15, 0.2) is 0 Å². The van der Waals surface area contributed by atoms with Gasteiger partial charge in [0.1, 0.15) is 0 Å². The third-order valence-corrected chi connectivity index (χ3v) is 3.86. The lowest BCUT2D eigenvalue weighted by Crippen LogP contribution is -2.40. The Balaban J connectivity index is 1.86. The molecule has 20 heavy (non-hydrogen) atoms. The predicted octanol–water partition coefficient (Wildman–Crippen LogP) is 2.58. The molecule has 0 N–H and O–H groups in total. The maximum absolute atomic E-state index is 12.6. The van der Waals surface area contributed by atoms with Gasteiger partial charge in [-0.1, -0.05) is 0 Å². The predicted molar refractivity (Wildman–Crippen MR) is 75.0 cm³/mol. The van der Waals surface area contributed by atoms with Crippen LogP contribution in [-0.2, 0) is 6.54 Å². The molecule has 0 aliphatic carbocycles. The van der Waals surface area contributed by atoms with Crippen LogP contribution in [0.15, 0.2) is 42.6 Å². The summed E-state index contributed by atoms with van der Waals surface area (Å²) in [7, 11) is 0. The second kappa shape index (κ2) is 4.86. The van der Waals surface area contributed by atoms with Gasteiger partial charge in [0.2, 0.25) is 0 Å². The van der Waals surface area contributed by atoms with Crippen molar-refractivity contribution in [3.05, 3.63) is 59.4 Å². The number of aromatic nitrogens is 1. The van der Waals surface area contributed by atoms with Crippen molar-refractivity contribution in [1.29, 1.82) is 5.26 Å². The molecular weight excluding hydrogens is 250 g/mol. The molecule has 3 rings (SSSR count). The van der Waals surface area contributed by atoms with E-state index in [-0.39, 0.29) is 11.9 Å². The lowest BCUT2D eigenvalue weighted by molar-refractivity contribution is 0.0644. The molecule has 1 aliphatic rings. The second-order valence-corrected chi connectivity index (χ2v) is 4.99. The molecule has 0 spiro atoms. The maximum atomic E-state index is 12.6. The largest absolute Gasteiger partial charge is 0.348 e. The van der Waals surface area contributed by atoms with Crippen molar-refractivity contribution in [3.8, 4) is 6.07 Å². The lowest BCUT2D eigenvalue weighted by atomic mass is 10.1. The topological polar surface area (TPSA) is 49.0 Å². The Labute approximate surface area is 117 Å². The number of hydrogen-bond donors (Lipinski definition) is 0. The van der Waals surface area contributed by atoms with Crippen molar-refractivity contribution in [2.45, 2.75) is 19.5 Å². The smallest absolute Gasteiger partial charge is 0.254 e. The molecule has 1 amide bonds. The summed E-state index contributed by atoms with van der Waals surface area (Å²) < 4.78 is 2.19. The quantitative estimate of drug-likeness (QED) is 0.795. The molecule has 1 aliphatic heterocycles. The van der Waals surface area contributed by atoms with E-state index in [4.69, 9.17) is 5.26 Å². The van der Waals surface area contributed by atoms with Crippen LogP contribution in [-0.4, -0.2) is 21.9 Å². The Morgan fingerprint density at radius 1 is 1.25 bits per heavy atom. The van der Waals surface area contributed by atoms with Gasteiger partial charge in [-0.3, -0.25) is 4.79 Å². The zero-order valence-electron chi connectivity index (χ0n) is 11.3. The molecule has 2 aromatic rings. The molecule has 4 nitrogen and oxygen atoms in total. The highest BCUT2D eigenvalue weighted by Crippen LogP contribution is 2.26. The molecule has 0 fully saturated rings. The Bertz CT molecular complexity index is 678. The minimum Gasteiger partial charge on any atom is -0.348 e. The number of nitrogens with zero attached hydrogens (tertiary/aromatic N) is 3. The molecule has 1 aromatic carbocycles. The van der Waals surface area contributed by atoms with E-state index in [1.165, 1.54) is 5.69 Å². The van der Waals surface area contributed by atoms with Crippen LogP contribution < -0.4 is 0 Å². The van der Waals surface area contributed by atoms with Gasteiger partial charge < -0.3 is 9.47 Å². The second-order valence-electron chi connectivity index (χ2n) is 4.99. The fourth-order valence-corrected chi connectivity index (χ4v) is 2.71. The maximum Gasteiger partial charge on any atom is 0.254 e. The summed E-state index contributed by atoms with van der Waals surface area (Å²) in [5.74, 6) is 0.0226. The number of amides is 1. The molecule has 0 saturated heterocycles. The third-order valence-electron chi connectivity index (χ3n) is 3.86. The fourth-order valence-electron chi connectivity index (χ4n) is 2.71. The van der Waals surface area contributed by atoms with E-state index < -0.39 is 0 Å². The Morgan fingerprint density at radius 3 is 2.70 bits per heavy atom. The Morgan fingerprint density at radius 2 is 2.00 bits per heavy atom. The molecule has 1 unspecified atom stereocenters. The molecule has 0 bridgehead atoms. The molecule has 100 valence electrons. The van der Waals surface area contributed by atoms with E-state index in [1.807, 2.05) is 17.9 Å². The van der Waals surface area contributed by atoms with Crippen LogP contribution in [0.1, 0.15) is 34.6 Å². The highest BCUT2D eigenvalue weighted by atomic mass is 16.2. The van der Waals surface area contributed by atoms with Crippen molar-refractivity contribution in [3.63, 3.8) is 0 Å². The van der Waals surface area contributed by atoms with E-state index >= 15 is 0 Å². The summed E-state index contributed by atoms with van der Waals surface area (Å²) >= 11 is 0. The molecule has 1 aromatic heterocycles. The van der Waals surface area contributed by atoms with Gasteiger partial charge in [-0.25, -0.2) is 0 Å². The molecule has 0 saturated carbocycles. The van der Waals surface area contributed by atoms with Crippen LogP contribution in [0.5, 0.6) is 0 Å². The minimum absolute atomic E-state index is 0.0226. The van der Waals surface area contributed by atoms with E-state index in [0.29, 0.717) is 17.7 Å². The van der Waals surface area contributed by atoms with Crippen molar-refractivity contribution < 1.29 is 4.79 Å². The van der Waals surface area contributed by atoms with Crippen LogP contribution in [0.2, 0.25) is 0 Å². The number of carbonyl (C=O) groups excluding carboxylic acids is 1. The van der Waals surface area contributed by atoms with Gasteiger partial charge in [0.05, 0.1) is 17.7 Å². The van der Waals surface area contributed by atoms with E-state index in [0.717, 1.165) is 6.54 Å². The highest BCUT2D eigenvalue weighted by molar-refractivity contribution is 5.94. The summed E-state index contributed by atoms with van der Waals surface area (Å²) in [5, 5.41) is 8.80. The number of hydrogen-bond acceptors (Lipinski definition) is 2. The molecule has 4 heteroatoms. The number of rotatable bonds is 1. The zero-order valence-corrected chi connectivity index (χ0v) is 11.3. The number of nitriles is 1. The van der Waals surface area contributed by atoms with Gasteiger partial charge in [-0.2, -0.15) is 5.26 Å². The van der Waals surface area contributed by atoms with E-state index in [9.17, 15) is 4.79 Å². The van der Waals surface area contributed by atoms with Crippen molar-refractivity contribution in [2.24, 2.45) is 0 Å². The molecular formula is C16H15N3O. The fraction of sp³-hybridized carbons (Fsp3) is 0.250. The molecule has 2 heterocycles. The first-order valence-corrected chi connectivity index (χ1v) is 6.67. The molecule has 0 radical (unpaired) electrons. The van der Waals surface area contributed by atoms with Gasteiger partial charge in [0.25, 0.3) is 5.91 Å². The average molecular weight is 265 g/mol. The van der Waals surface area contributed by atoms with E-state index in [1.54, 1.807) is 24.3 Å². The van der Waals surface area contributed by atoms with Crippen LogP contribution >= 0.6 is 0 Å². The van der Waals surface area contributed by atoms with Crippen LogP contribution in [0.4, 0.5) is 0 Å². The summed E-state index contributed by atoms with van der Waals surface area (Å²) in [6.07, 6.45) is 2.05. The Hall–Kier alpha value is -2.54. The van der Waals surface area contributed by atoms with Gasteiger partial charge >= 0.3 is 0 Å².